The minimum absolute atomic E-state index is 0.547. The van der Waals surface area contributed by atoms with Crippen LogP contribution < -0.4 is 0 Å². The first-order valence-corrected chi connectivity index (χ1v) is 16.7. The third-order valence-corrected chi connectivity index (χ3v) is 9.48. The summed E-state index contributed by atoms with van der Waals surface area (Å²) in [5, 5.41) is 4.37. The summed E-state index contributed by atoms with van der Waals surface area (Å²) in [6.07, 6.45) is 0. The maximum Gasteiger partial charge on any atom is 0.238 e. The number of fused-ring (bicyclic) bond motifs is 6. The van der Waals surface area contributed by atoms with Crippen molar-refractivity contribution < 1.29 is 4.42 Å². The van der Waals surface area contributed by atoms with Crippen LogP contribution in [-0.4, -0.2) is 19.5 Å². The van der Waals surface area contributed by atoms with Crippen molar-refractivity contribution >= 4 is 43.7 Å². The van der Waals surface area contributed by atoms with Crippen LogP contribution in [0, 0.1) is 0 Å². The van der Waals surface area contributed by atoms with Crippen molar-refractivity contribution in [3.63, 3.8) is 0 Å². The van der Waals surface area contributed by atoms with Gasteiger partial charge in [-0.05, 0) is 52.6 Å². The number of nitrogens with zero attached hydrogens (tertiary/aromatic N) is 4. The molecule has 5 nitrogen and oxygen atoms in total. The molecule has 0 saturated carbocycles. The molecule has 0 aliphatic rings. The molecule has 0 atom stereocenters. The molecule has 50 heavy (non-hydrogen) atoms. The Morgan fingerprint density at radius 1 is 0.400 bits per heavy atom. The van der Waals surface area contributed by atoms with Crippen LogP contribution in [0.15, 0.2) is 174 Å². The summed E-state index contributed by atoms with van der Waals surface area (Å²) in [6, 6.07) is 58.5. The van der Waals surface area contributed by atoms with E-state index in [1.54, 1.807) is 0 Å². The van der Waals surface area contributed by atoms with Crippen molar-refractivity contribution in [2.24, 2.45) is 0 Å². The zero-order chi connectivity index (χ0) is 33.0. The van der Waals surface area contributed by atoms with E-state index < -0.39 is 0 Å². The molecule has 0 amide bonds. The highest BCUT2D eigenvalue weighted by atomic mass is 16.3. The smallest absolute Gasteiger partial charge is 0.238 e. The second kappa shape index (κ2) is 11.4. The van der Waals surface area contributed by atoms with Gasteiger partial charge in [0.25, 0.3) is 0 Å². The molecule has 234 valence electrons. The van der Waals surface area contributed by atoms with E-state index in [0.717, 1.165) is 71.6 Å². The molecule has 0 saturated heterocycles. The number of hydrogen-bond acceptors (Lipinski definition) is 4. The number of aromatic nitrogens is 4. The molecular formula is C45H28N4O. The Morgan fingerprint density at radius 2 is 1.02 bits per heavy atom. The second-order valence-corrected chi connectivity index (χ2v) is 12.4. The fraction of sp³-hybridized carbons (Fsp3) is 0. The van der Waals surface area contributed by atoms with Gasteiger partial charge in [0.1, 0.15) is 11.2 Å². The number of furan rings is 1. The lowest BCUT2D eigenvalue weighted by atomic mass is 9.99. The van der Waals surface area contributed by atoms with Crippen LogP contribution in [0.4, 0.5) is 0 Å². The Labute approximate surface area is 287 Å². The van der Waals surface area contributed by atoms with Gasteiger partial charge in [-0.3, -0.25) is 4.57 Å². The maximum atomic E-state index is 6.66. The molecule has 7 aromatic carbocycles. The summed E-state index contributed by atoms with van der Waals surface area (Å²) in [6.45, 7) is 0. The molecule has 0 N–H and O–H groups in total. The van der Waals surface area contributed by atoms with Crippen LogP contribution in [0.25, 0.3) is 94.7 Å². The largest absolute Gasteiger partial charge is 0.455 e. The van der Waals surface area contributed by atoms with Gasteiger partial charge in [-0.15, -0.1) is 0 Å². The van der Waals surface area contributed by atoms with Gasteiger partial charge < -0.3 is 4.42 Å². The lowest BCUT2D eigenvalue weighted by Gasteiger charge is -2.11. The standard InChI is InChI=1S/C45H28N4O/c1-4-14-29(15-5-1)32-26-27-39-37(28-32)34-20-10-11-24-38(34)49(39)45-47-43(31-18-8-3-9-19-31)46-44(48-45)36-23-12-22-35-41-33(30-16-6-2-7-17-30)21-13-25-40(41)50-42(35)36/h1-28H. The topological polar surface area (TPSA) is 56.7 Å². The van der Waals surface area contributed by atoms with Gasteiger partial charge in [-0.25, -0.2) is 4.98 Å². The molecule has 3 aromatic heterocycles. The van der Waals surface area contributed by atoms with Crippen LogP contribution in [0.5, 0.6) is 0 Å². The lowest BCUT2D eigenvalue weighted by Crippen LogP contribution is -2.06. The van der Waals surface area contributed by atoms with Gasteiger partial charge in [0.15, 0.2) is 11.6 Å². The van der Waals surface area contributed by atoms with E-state index in [0.29, 0.717) is 17.6 Å². The molecule has 0 fully saturated rings. The summed E-state index contributed by atoms with van der Waals surface area (Å²) in [7, 11) is 0. The van der Waals surface area contributed by atoms with E-state index in [2.05, 4.69) is 114 Å². The van der Waals surface area contributed by atoms with E-state index in [-0.39, 0.29) is 0 Å². The highest BCUT2D eigenvalue weighted by Gasteiger charge is 2.21. The number of rotatable bonds is 5. The SMILES string of the molecule is c1ccc(-c2ccc3c(c2)c2ccccc2n3-c2nc(-c3ccccc3)nc(-c3cccc4c3oc3cccc(-c5ccccc5)c34)n2)cc1. The van der Waals surface area contributed by atoms with Gasteiger partial charge in [0, 0.05) is 27.1 Å². The molecule has 5 heteroatoms. The van der Waals surface area contributed by atoms with Crippen LogP contribution in [0.3, 0.4) is 0 Å². The van der Waals surface area contributed by atoms with E-state index in [4.69, 9.17) is 19.4 Å². The second-order valence-electron chi connectivity index (χ2n) is 12.4. The Hall–Kier alpha value is -6.85. The number of para-hydroxylation sites is 2. The Morgan fingerprint density at radius 3 is 1.82 bits per heavy atom. The van der Waals surface area contributed by atoms with Gasteiger partial charge in [-0.1, -0.05) is 140 Å². The van der Waals surface area contributed by atoms with Gasteiger partial charge in [0.05, 0.1) is 16.6 Å². The normalized spacial score (nSPS) is 11.6. The summed E-state index contributed by atoms with van der Waals surface area (Å²) in [5.74, 6) is 1.69. The van der Waals surface area contributed by atoms with Crippen LogP contribution in [0.1, 0.15) is 0 Å². The van der Waals surface area contributed by atoms with Crippen molar-refractivity contribution in [1.29, 1.82) is 0 Å². The fourth-order valence-electron chi connectivity index (χ4n) is 7.18. The monoisotopic (exact) mass is 640 g/mol. The van der Waals surface area contributed by atoms with Crippen LogP contribution >= 0.6 is 0 Å². The zero-order valence-electron chi connectivity index (χ0n) is 26.9. The molecule has 0 aliphatic heterocycles. The maximum absolute atomic E-state index is 6.66. The molecule has 10 rings (SSSR count). The Bertz CT molecular complexity index is 2860. The van der Waals surface area contributed by atoms with E-state index in [1.807, 2.05) is 60.7 Å². The van der Waals surface area contributed by atoms with Crippen molar-refractivity contribution in [2.45, 2.75) is 0 Å². The summed E-state index contributed by atoms with van der Waals surface area (Å²) in [5.41, 5.74) is 9.94. The summed E-state index contributed by atoms with van der Waals surface area (Å²) < 4.78 is 8.82. The average Bonchev–Trinajstić information content (AvgIpc) is 3.74. The minimum atomic E-state index is 0.547. The summed E-state index contributed by atoms with van der Waals surface area (Å²) in [4.78, 5) is 15.5. The first kappa shape index (κ1) is 28.2. The molecular weight excluding hydrogens is 613 g/mol. The lowest BCUT2D eigenvalue weighted by molar-refractivity contribution is 0.669. The highest BCUT2D eigenvalue weighted by Crippen LogP contribution is 2.41. The van der Waals surface area contributed by atoms with Crippen molar-refractivity contribution in [3.8, 4) is 51.0 Å². The van der Waals surface area contributed by atoms with E-state index in [9.17, 15) is 0 Å². The van der Waals surface area contributed by atoms with Crippen molar-refractivity contribution in [2.75, 3.05) is 0 Å². The van der Waals surface area contributed by atoms with Gasteiger partial charge in [0.2, 0.25) is 5.95 Å². The average molecular weight is 641 g/mol. The predicted octanol–water partition coefficient (Wildman–Crippen LogP) is 11.5. The van der Waals surface area contributed by atoms with Crippen LogP contribution in [-0.2, 0) is 0 Å². The third kappa shape index (κ3) is 4.52. The van der Waals surface area contributed by atoms with Crippen molar-refractivity contribution in [1.82, 2.24) is 19.5 Å². The number of hydrogen-bond donors (Lipinski definition) is 0. The molecule has 0 bridgehead atoms. The molecule has 0 radical (unpaired) electrons. The summed E-state index contributed by atoms with van der Waals surface area (Å²) >= 11 is 0. The van der Waals surface area contributed by atoms with E-state index in [1.165, 1.54) is 5.56 Å². The predicted molar refractivity (Wildman–Crippen MR) is 203 cm³/mol. The molecule has 3 heterocycles. The Balaban J connectivity index is 1.24. The first-order valence-electron chi connectivity index (χ1n) is 16.7. The first-order chi connectivity index (χ1) is 24.8. The van der Waals surface area contributed by atoms with Gasteiger partial charge >= 0.3 is 0 Å². The number of benzene rings is 7. The Kier molecular flexibility index (Phi) is 6.42. The van der Waals surface area contributed by atoms with Gasteiger partial charge in [-0.2, -0.15) is 9.97 Å². The zero-order valence-corrected chi connectivity index (χ0v) is 26.9. The fourth-order valence-corrected chi connectivity index (χ4v) is 7.18. The van der Waals surface area contributed by atoms with Crippen LogP contribution in [0.2, 0.25) is 0 Å². The van der Waals surface area contributed by atoms with E-state index >= 15 is 0 Å². The molecule has 0 unspecified atom stereocenters. The highest BCUT2D eigenvalue weighted by molar-refractivity contribution is 6.15. The molecule has 0 spiro atoms. The molecule has 0 aliphatic carbocycles. The quantitative estimate of drug-likeness (QED) is 0.188. The third-order valence-electron chi connectivity index (χ3n) is 9.48. The molecule has 10 aromatic rings. The minimum Gasteiger partial charge on any atom is -0.455 e. The van der Waals surface area contributed by atoms with Crippen molar-refractivity contribution in [3.05, 3.63) is 170 Å².